The van der Waals surface area contributed by atoms with Crippen LogP contribution in [0.4, 0.5) is 0 Å². The van der Waals surface area contributed by atoms with Gasteiger partial charge in [0.2, 0.25) is 0 Å². The number of carbonyl (C=O) groups is 2. The zero-order chi connectivity index (χ0) is 27.4. The summed E-state index contributed by atoms with van der Waals surface area (Å²) in [5.41, 5.74) is 5.27. The van der Waals surface area contributed by atoms with Gasteiger partial charge in [-0.25, -0.2) is 0 Å². The number of carbonyl (C=O) groups excluding carboxylic acids is 1. The van der Waals surface area contributed by atoms with Crippen LogP contribution in [0.25, 0.3) is 0 Å². The molecule has 4 nitrogen and oxygen atoms in total. The molecule has 0 spiro atoms. The molecule has 0 aliphatic heterocycles. The van der Waals surface area contributed by atoms with Crippen molar-refractivity contribution in [3.05, 3.63) is 125 Å². The third-order valence-corrected chi connectivity index (χ3v) is 13.5. The Bertz CT molecular complexity index is 1360. The number of carboxylic acids is 1. The van der Waals surface area contributed by atoms with Crippen LogP contribution in [0.2, 0.25) is 0 Å². The van der Waals surface area contributed by atoms with Gasteiger partial charge in [0.05, 0.1) is 0 Å². The third kappa shape index (κ3) is 4.89. The van der Waals surface area contributed by atoms with E-state index in [1.807, 2.05) is 36.4 Å². The molecule has 38 heavy (non-hydrogen) atoms. The van der Waals surface area contributed by atoms with Gasteiger partial charge in [-0.15, -0.1) is 0 Å². The zero-order valence-corrected chi connectivity index (χ0v) is 23.4. The molecule has 0 aliphatic rings. The summed E-state index contributed by atoms with van der Waals surface area (Å²) in [6, 6.07) is 32.8. The van der Waals surface area contributed by atoms with E-state index in [9.17, 15) is 14.7 Å². The van der Waals surface area contributed by atoms with Gasteiger partial charge in [0.1, 0.15) is 0 Å². The van der Waals surface area contributed by atoms with Crippen molar-refractivity contribution in [1.82, 2.24) is 0 Å². The van der Waals surface area contributed by atoms with Crippen molar-refractivity contribution in [3.63, 3.8) is 0 Å². The number of rotatable bonds is 9. The minimum absolute atomic E-state index is 0.204. The van der Waals surface area contributed by atoms with Crippen LogP contribution in [0.3, 0.4) is 0 Å². The molecule has 4 rings (SSSR count). The number of hydrogen-bond acceptors (Lipinski definition) is 3. The summed E-state index contributed by atoms with van der Waals surface area (Å²) in [6.45, 7) is 4.16. The molecule has 5 heteroatoms. The van der Waals surface area contributed by atoms with Crippen LogP contribution < -0.4 is 15.9 Å². The SMILES string of the molecule is Cc1ccc(CP(OC(=O)CCC(=O)O)(c2ccccc2C)(c2ccccc2C)c2ccccc2C)cc1. The van der Waals surface area contributed by atoms with Gasteiger partial charge >= 0.3 is 225 Å². The second kappa shape index (κ2) is 10.9. The van der Waals surface area contributed by atoms with Crippen LogP contribution >= 0.6 is 6.83 Å². The molecule has 0 aliphatic carbocycles. The summed E-state index contributed by atoms with van der Waals surface area (Å²) in [5, 5.41) is 12.3. The van der Waals surface area contributed by atoms with E-state index < -0.39 is 18.8 Å². The number of carboxylic acid groups (broad SMARTS) is 1. The fourth-order valence-electron chi connectivity index (χ4n) is 5.63. The topological polar surface area (TPSA) is 63.6 Å². The van der Waals surface area contributed by atoms with Crippen molar-refractivity contribution >= 4 is 34.7 Å². The van der Waals surface area contributed by atoms with E-state index >= 15 is 0 Å². The van der Waals surface area contributed by atoms with Gasteiger partial charge in [0.15, 0.2) is 0 Å². The molecule has 196 valence electrons. The third-order valence-electron chi connectivity index (χ3n) is 7.33. The molecular weight excluding hydrogens is 491 g/mol. The zero-order valence-electron chi connectivity index (χ0n) is 22.5. The van der Waals surface area contributed by atoms with Gasteiger partial charge in [0.25, 0.3) is 0 Å². The minimum atomic E-state index is -4.08. The Balaban J connectivity index is 2.23. The van der Waals surface area contributed by atoms with Crippen molar-refractivity contribution < 1.29 is 19.2 Å². The molecule has 1 N–H and O–H groups in total. The van der Waals surface area contributed by atoms with Crippen LogP contribution in [0, 0.1) is 27.7 Å². The first-order valence-corrected chi connectivity index (χ1v) is 15.2. The van der Waals surface area contributed by atoms with Gasteiger partial charge in [-0.1, -0.05) is 0 Å². The average molecular weight is 527 g/mol. The Kier molecular flexibility index (Phi) is 7.85. The van der Waals surface area contributed by atoms with Gasteiger partial charge < -0.3 is 0 Å². The molecule has 4 aromatic rings. The second-order valence-electron chi connectivity index (χ2n) is 10.1. The Morgan fingerprint density at radius 1 is 0.632 bits per heavy atom. The summed E-state index contributed by atoms with van der Waals surface area (Å²) in [4.78, 5) is 25.3. The van der Waals surface area contributed by atoms with Crippen LogP contribution in [-0.4, -0.2) is 17.0 Å². The number of benzene rings is 4. The van der Waals surface area contributed by atoms with E-state index in [2.05, 4.69) is 88.4 Å². The average Bonchev–Trinajstić information content (AvgIpc) is 2.89. The molecule has 0 atom stereocenters. The van der Waals surface area contributed by atoms with Crippen molar-refractivity contribution in [2.24, 2.45) is 0 Å². The van der Waals surface area contributed by atoms with Crippen molar-refractivity contribution in [2.75, 3.05) is 0 Å². The summed E-state index contributed by atoms with van der Waals surface area (Å²) < 4.78 is 7.04. The van der Waals surface area contributed by atoms with Gasteiger partial charge in [0, 0.05) is 0 Å². The van der Waals surface area contributed by atoms with Gasteiger partial charge in [-0.3, -0.25) is 0 Å². The summed E-state index contributed by atoms with van der Waals surface area (Å²) in [6.07, 6.45) is -0.0266. The fourth-order valence-corrected chi connectivity index (χ4v) is 12.4. The fraction of sp³-hybridized carbons (Fsp3) is 0.212. The predicted molar refractivity (Wildman–Crippen MR) is 157 cm³/mol. The van der Waals surface area contributed by atoms with Crippen molar-refractivity contribution in [3.8, 4) is 0 Å². The summed E-state index contributed by atoms with van der Waals surface area (Å²) >= 11 is 0. The van der Waals surface area contributed by atoms with Crippen LogP contribution in [0.15, 0.2) is 97.1 Å². The molecule has 0 bridgehead atoms. The van der Waals surface area contributed by atoms with E-state index in [4.69, 9.17) is 4.52 Å². The first-order valence-electron chi connectivity index (χ1n) is 12.9. The number of aryl methyl sites for hydroxylation is 4. The molecule has 0 fully saturated rings. The molecule has 0 heterocycles. The second-order valence-corrected chi connectivity index (χ2v) is 14.4. The number of hydrogen-bond donors (Lipinski definition) is 1. The van der Waals surface area contributed by atoms with E-state index in [1.165, 1.54) is 0 Å². The standard InChI is InChI=1S/C33H35O4P/c1-24-17-19-28(20-18-24)23-38(29-14-8-5-11-25(29)2,30-15-9-6-12-26(30)3,31-16-10-7-13-27(31)4)37-33(36)22-21-32(34)35/h5-20H,21-23H2,1-4H3,(H,34,35). The normalized spacial score (nSPS) is 12.4. The maximum absolute atomic E-state index is 13.8. The Hall–Kier alpha value is -3.75. The van der Waals surface area contributed by atoms with Gasteiger partial charge in [-0.2, -0.15) is 0 Å². The van der Waals surface area contributed by atoms with E-state index in [-0.39, 0.29) is 12.8 Å². The molecule has 0 radical (unpaired) electrons. The quantitative estimate of drug-likeness (QED) is 0.261. The maximum atomic E-state index is 13.8. The number of aliphatic carboxylic acids is 1. The van der Waals surface area contributed by atoms with Crippen molar-refractivity contribution in [1.29, 1.82) is 0 Å². The predicted octanol–water partition coefficient (Wildman–Crippen LogP) is 6.27. The van der Waals surface area contributed by atoms with Crippen LogP contribution in [0.5, 0.6) is 0 Å². The van der Waals surface area contributed by atoms with E-state index in [0.717, 1.165) is 43.7 Å². The molecule has 0 unspecified atom stereocenters. The Morgan fingerprint density at radius 3 is 1.45 bits per heavy atom. The summed E-state index contributed by atoms with van der Waals surface area (Å²) in [5.74, 6) is -1.53. The molecule has 0 aromatic heterocycles. The van der Waals surface area contributed by atoms with E-state index in [1.54, 1.807) is 0 Å². The van der Waals surface area contributed by atoms with Gasteiger partial charge in [-0.05, 0) is 0 Å². The van der Waals surface area contributed by atoms with E-state index in [0.29, 0.717) is 6.16 Å². The monoisotopic (exact) mass is 526 g/mol. The Morgan fingerprint density at radius 2 is 1.05 bits per heavy atom. The first kappa shape index (κ1) is 27.3. The first-order chi connectivity index (χ1) is 18.2. The molecule has 0 saturated heterocycles. The molecule has 0 saturated carbocycles. The Labute approximate surface area is 225 Å². The summed E-state index contributed by atoms with van der Waals surface area (Å²) in [7, 11) is 0. The van der Waals surface area contributed by atoms with Crippen molar-refractivity contribution in [2.45, 2.75) is 46.7 Å². The molecule has 4 aromatic carbocycles. The van der Waals surface area contributed by atoms with Crippen LogP contribution in [-0.2, 0) is 20.3 Å². The molecule has 0 amide bonds. The molecular formula is C33H35O4P. The van der Waals surface area contributed by atoms with Crippen LogP contribution in [0.1, 0.15) is 40.7 Å².